The van der Waals surface area contributed by atoms with Gasteiger partial charge in [0.1, 0.15) is 0 Å². The zero-order valence-corrected chi connectivity index (χ0v) is 10.9. The average Bonchev–Trinajstić information content (AvgIpc) is 2.34. The summed E-state index contributed by atoms with van der Waals surface area (Å²) in [5.74, 6) is 0.360. The maximum atomic E-state index is 11.8. The van der Waals surface area contributed by atoms with E-state index in [1.807, 2.05) is 0 Å². The average molecular weight is 244 g/mol. The summed E-state index contributed by atoms with van der Waals surface area (Å²) >= 11 is 0. The lowest BCUT2D eigenvalue weighted by molar-refractivity contribution is -0.126. The van der Waals surface area contributed by atoms with E-state index in [9.17, 15) is 4.79 Å². The number of carbonyl (C=O) groups excluding carboxylic acids is 1. The van der Waals surface area contributed by atoms with Crippen molar-refractivity contribution in [3.05, 3.63) is 0 Å². The molecule has 0 radical (unpaired) electrons. The Morgan fingerprint density at radius 1 is 1.29 bits per heavy atom. The summed E-state index contributed by atoms with van der Waals surface area (Å²) in [6.45, 7) is 4.37. The van der Waals surface area contributed by atoms with Crippen molar-refractivity contribution >= 4 is 5.91 Å². The first-order chi connectivity index (χ1) is 8.24. The molecule has 1 rings (SSSR count). The Morgan fingerprint density at radius 2 is 2.00 bits per heavy atom. The SMILES string of the molecule is COCCOCCNC(=O)C1CCN(C)CC1. The van der Waals surface area contributed by atoms with Crippen LogP contribution >= 0.6 is 0 Å². The molecular formula is C12H24N2O3. The first kappa shape index (κ1) is 14.4. The van der Waals surface area contributed by atoms with Gasteiger partial charge in [0, 0.05) is 19.6 Å². The van der Waals surface area contributed by atoms with Gasteiger partial charge in [-0.15, -0.1) is 0 Å². The minimum Gasteiger partial charge on any atom is -0.382 e. The first-order valence-electron chi connectivity index (χ1n) is 6.27. The summed E-state index contributed by atoms with van der Waals surface area (Å²) in [5.41, 5.74) is 0. The Morgan fingerprint density at radius 3 is 2.65 bits per heavy atom. The van der Waals surface area contributed by atoms with E-state index in [4.69, 9.17) is 9.47 Å². The molecule has 0 aromatic rings. The summed E-state index contributed by atoms with van der Waals surface area (Å²) in [6, 6.07) is 0. The van der Waals surface area contributed by atoms with Gasteiger partial charge in [-0.25, -0.2) is 0 Å². The number of nitrogens with one attached hydrogen (secondary N) is 1. The minimum absolute atomic E-state index is 0.174. The second-order valence-corrected chi connectivity index (χ2v) is 4.47. The van der Waals surface area contributed by atoms with Crippen molar-refractivity contribution in [2.75, 3.05) is 53.6 Å². The van der Waals surface area contributed by atoms with Gasteiger partial charge < -0.3 is 19.7 Å². The Labute approximate surface area is 103 Å². The molecule has 1 saturated heterocycles. The van der Waals surface area contributed by atoms with Crippen LogP contribution < -0.4 is 5.32 Å². The maximum absolute atomic E-state index is 11.8. The van der Waals surface area contributed by atoms with E-state index in [1.54, 1.807) is 7.11 Å². The number of rotatable bonds is 7. The molecule has 5 nitrogen and oxygen atoms in total. The zero-order valence-electron chi connectivity index (χ0n) is 10.9. The van der Waals surface area contributed by atoms with Crippen molar-refractivity contribution in [1.82, 2.24) is 10.2 Å². The van der Waals surface area contributed by atoms with Crippen LogP contribution in [0.15, 0.2) is 0 Å². The highest BCUT2D eigenvalue weighted by Crippen LogP contribution is 2.15. The second-order valence-electron chi connectivity index (χ2n) is 4.47. The molecule has 0 unspecified atom stereocenters. The van der Waals surface area contributed by atoms with Crippen LogP contribution in [0.1, 0.15) is 12.8 Å². The molecule has 5 heteroatoms. The van der Waals surface area contributed by atoms with Gasteiger partial charge in [0.25, 0.3) is 0 Å². The summed E-state index contributed by atoms with van der Waals surface area (Å²) in [5, 5.41) is 2.92. The summed E-state index contributed by atoms with van der Waals surface area (Å²) < 4.78 is 10.1. The van der Waals surface area contributed by atoms with E-state index in [0.717, 1.165) is 25.9 Å². The molecule has 0 spiro atoms. The Hall–Kier alpha value is -0.650. The zero-order chi connectivity index (χ0) is 12.5. The fourth-order valence-electron chi connectivity index (χ4n) is 1.91. The molecular weight excluding hydrogens is 220 g/mol. The van der Waals surface area contributed by atoms with Crippen molar-refractivity contribution in [1.29, 1.82) is 0 Å². The highest BCUT2D eigenvalue weighted by Gasteiger charge is 2.22. The van der Waals surface area contributed by atoms with Gasteiger partial charge >= 0.3 is 0 Å². The van der Waals surface area contributed by atoms with Crippen molar-refractivity contribution in [3.63, 3.8) is 0 Å². The predicted molar refractivity (Wildman–Crippen MR) is 65.9 cm³/mol. The lowest BCUT2D eigenvalue weighted by Gasteiger charge is -2.28. The topological polar surface area (TPSA) is 50.8 Å². The summed E-state index contributed by atoms with van der Waals surface area (Å²) in [6.07, 6.45) is 1.93. The second kappa shape index (κ2) is 8.44. The first-order valence-corrected chi connectivity index (χ1v) is 6.27. The molecule has 1 aliphatic heterocycles. The van der Waals surface area contributed by atoms with E-state index in [1.165, 1.54) is 0 Å². The van der Waals surface area contributed by atoms with E-state index in [0.29, 0.717) is 26.4 Å². The highest BCUT2D eigenvalue weighted by molar-refractivity contribution is 5.78. The Bertz CT molecular complexity index is 216. The van der Waals surface area contributed by atoms with Crippen molar-refractivity contribution in [3.8, 4) is 0 Å². The lowest BCUT2D eigenvalue weighted by Crippen LogP contribution is -2.40. The van der Waals surface area contributed by atoms with Gasteiger partial charge in [-0.1, -0.05) is 0 Å². The molecule has 1 fully saturated rings. The molecule has 0 aliphatic carbocycles. The van der Waals surface area contributed by atoms with Gasteiger partial charge in [0.05, 0.1) is 19.8 Å². The van der Waals surface area contributed by atoms with Gasteiger partial charge in [-0.2, -0.15) is 0 Å². The molecule has 100 valence electrons. The molecule has 0 bridgehead atoms. The number of nitrogens with zero attached hydrogens (tertiary/aromatic N) is 1. The molecule has 1 amide bonds. The monoisotopic (exact) mass is 244 g/mol. The normalized spacial score (nSPS) is 18.2. The fraction of sp³-hybridized carbons (Fsp3) is 0.917. The van der Waals surface area contributed by atoms with Crippen LogP contribution in [-0.4, -0.2) is 64.4 Å². The van der Waals surface area contributed by atoms with Crippen molar-refractivity contribution in [2.24, 2.45) is 5.92 Å². The van der Waals surface area contributed by atoms with Crippen LogP contribution in [0.3, 0.4) is 0 Å². The van der Waals surface area contributed by atoms with Crippen LogP contribution in [0.5, 0.6) is 0 Å². The molecule has 0 aromatic carbocycles. The number of methoxy groups -OCH3 is 1. The van der Waals surface area contributed by atoms with Crippen LogP contribution in [0.25, 0.3) is 0 Å². The molecule has 0 aromatic heterocycles. The number of ether oxygens (including phenoxy) is 2. The number of carbonyl (C=O) groups is 1. The highest BCUT2D eigenvalue weighted by atomic mass is 16.5. The molecule has 0 atom stereocenters. The largest absolute Gasteiger partial charge is 0.382 e. The third-order valence-electron chi connectivity index (χ3n) is 3.07. The van der Waals surface area contributed by atoms with Crippen molar-refractivity contribution < 1.29 is 14.3 Å². The van der Waals surface area contributed by atoms with E-state index in [-0.39, 0.29) is 11.8 Å². The number of hydrogen-bond donors (Lipinski definition) is 1. The molecule has 1 heterocycles. The minimum atomic E-state index is 0.174. The molecule has 1 aliphatic rings. The van der Waals surface area contributed by atoms with Crippen LogP contribution in [0.2, 0.25) is 0 Å². The standard InChI is InChI=1S/C12H24N2O3/c1-14-6-3-11(4-7-14)12(15)13-5-8-17-10-9-16-2/h11H,3-10H2,1-2H3,(H,13,15). The van der Waals surface area contributed by atoms with Gasteiger partial charge in [-0.05, 0) is 33.0 Å². The maximum Gasteiger partial charge on any atom is 0.223 e. The van der Waals surface area contributed by atoms with Crippen LogP contribution in [0, 0.1) is 5.92 Å². The Kier molecular flexibility index (Phi) is 7.16. The predicted octanol–water partition coefficient (Wildman–Crippen LogP) is 0.107. The van der Waals surface area contributed by atoms with Gasteiger partial charge in [0.2, 0.25) is 5.91 Å². The third-order valence-corrected chi connectivity index (χ3v) is 3.07. The summed E-state index contributed by atoms with van der Waals surface area (Å²) in [7, 11) is 3.74. The van der Waals surface area contributed by atoms with Gasteiger partial charge in [0.15, 0.2) is 0 Å². The third kappa shape index (κ3) is 6.00. The van der Waals surface area contributed by atoms with E-state index < -0.39 is 0 Å². The molecule has 17 heavy (non-hydrogen) atoms. The van der Waals surface area contributed by atoms with Crippen LogP contribution in [-0.2, 0) is 14.3 Å². The van der Waals surface area contributed by atoms with Crippen molar-refractivity contribution in [2.45, 2.75) is 12.8 Å². The Balaban J connectivity index is 2.01. The number of likely N-dealkylation sites (tertiary alicyclic amines) is 1. The fourth-order valence-corrected chi connectivity index (χ4v) is 1.91. The summed E-state index contributed by atoms with van der Waals surface area (Å²) in [4.78, 5) is 14.0. The number of hydrogen-bond acceptors (Lipinski definition) is 4. The van der Waals surface area contributed by atoms with E-state index >= 15 is 0 Å². The smallest absolute Gasteiger partial charge is 0.223 e. The van der Waals surface area contributed by atoms with E-state index in [2.05, 4.69) is 17.3 Å². The molecule has 0 saturated carbocycles. The number of piperidine rings is 1. The van der Waals surface area contributed by atoms with Crippen LogP contribution in [0.4, 0.5) is 0 Å². The quantitative estimate of drug-likeness (QED) is 0.646. The lowest BCUT2D eigenvalue weighted by atomic mass is 9.96. The number of amides is 1. The van der Waals surface area contributed by atoms with Gasteiger partial charge in [-0.3, -0.25) is 4.79 Å². The molecule has 1 N–H and O–H groups in total.